The lowest BCUT2D eigenvalue weighted by Gasteiger charge is -2.21. The fourth-order valence-electron chi connectivity index (χ4n) is 0.913. The third-order valence-corrected chi connectivity index (χ3v) is 1.81. The van der Waals surface area contributed by atoms with E-state index in [1.807, 2.05) is 0 Å². The minimum Gasteiger partial charge on any atom is -0.396 e. The lowest BCUT2D eigenvalue weighted by Crippen LogP contribution is -2.52. The predicted molar refractivity (Wildman–Crippen MR) is 44.9 cm³/mol. The molecule has 0 spiro atoms. The van der Waals surface area contributed by atoms with Crippen LogP contribution in [0.1, 0.15) is 19.8 Å². The van der Waals surface area contributed by atoms with E-state index in [4.69, 9.17) is 5.11 Å². The number of hydrogen-bond acceptors (Lipinski definition) is 2. The first kappa shape index (κ1) is 15.1. The molecule has 96 valence electrons. The smallest absolute Gasteiger partial charge is 0.396 e. The van der Waals surface area contributed by atoms with Gasteiger partial charge in [-0.2, -0.15) is 22.0 Å². The number of amides is 1. The molecule has 0 aliphatic heterocycles. The van der Waals surface area contributed by atoms with E-state index < -0.39 is 24.0 Å². The summed E-state index contributed by atoms with van der Waals surface area (Å²) in [5, 5.41) is 9.94. The quantitative estimate of drug-likeness (QED) is 0.725. The van der Waals surface area contributed by atoms with Gasteiger partial charge in [-0.3, -0.25) is 4.79 Å². The zero-order chi connectivity index (χ0) is 13.0. The van der Waals surface area contributed by atoms with Crippen LogP contribution in [-0.4, -0.2) is 35.8 Å². The Kier molecular flexibility index (Phi) is 5.11. The van der Waals surface area contributed by atoms with E-state index in [0.29, 0.717) is 0 Å². The van der Waals surface area contributed by atoms with E-state index in [2.05, 4.69) is 0 Å². The molecule has 16 heavy (non-hydrogen) atoms. The Labute approximate surface area is 88.6 Å². The summed E-state index contributed by atoms with van der Waals surface area (Å²) < 4.78 is 60.0. The maximum absolute atomic E-state index is 12.4. The Hall–Kier alpha value is -0.920. The van der Waals surface area contributed by atoms with E-state index in [1.165, 1.54) is 6.92 Å². The van der Waals surface area contributed by atoms with Gasteiger partial charge in [0.2, 0.25) is 0 Å². The second-order valence-electron chi connectivity index (χ2n) is 3.31. The summed E-state index contributed by atoms with van der Waals surface area (Å²) in [6.45, 7) is 1.05. The van der Waals surface area contributed by atoms with Crippen LogP contribution in [0.15, 0.2) is 0 Å². The van der Waals surface area contributed by atoms with Crippen molar-refractivity contribution in [1.29, 1.82) is 0 Å². The molecule has 8 heteroatoms. The maximum Gasteiger partial charge on any atom is 0.463 e. The predicted octanol–water partition coefficient (Wildman–Crippen LogP) is 1.46. The van der Waals surface area contributed by atoms with Crippen molar-refractivity contribution in [2.24, 2.45) is 0 Å². The van der Waals surface area contributed by atoms with Crippen LogP contribution in [0.5, 0.6) is 0 Å². The molecule has 3 nitrogen and oxygen atoms in total. The molecule has 0 heterocycles. The van der Waals surface area contributed by atoms with Crippen LogP contribution in [0.2, 0.25) is 0 Å². The first-order valence-corrected chi connectivity index (χ1v) is 4.49. The molecule has 0 aliphatic carbocycles. The third kappa shape index (κ3) is 3.92. The van der Waals surface area contributed by atoms with Gasteiger partial charge in [-0.25, -0.2) is 0 Å². The van der Waals surface area contributed by atoms with Gasteiger partial charge in [0.25, 0.3) is 0 Å². The molecular weight excluding hydrogens is 237 g/mol. The number of aliphatic hydroxyl groups excluding tert-OH is 1. The van der Waals surface area contributed by atoms with E-state index >= 15 is 0 Å². The van der Waals surface area contributed by atoms with Crippen molar-refractivity contribution in [2.45, 2.75) is 37.9 Å². The van der Waals surface area contributed by atoms with Crippen LogP contribution in [0.3, 0.4) is 0 Å². The minimum atomic E-state index is -5.90. The van der Waals surface area contributed by atoms with Crippen molar-refractivity contribution >= 4 is 5.91 Å². The first-order chi connectivity index (χ1) is 7.13. The Balaban J connectivity index is 4.35. The molecule has 0 aromatic carbocycles. The number of rotatable bonds is 5. The third-order valence-electron chi connectivity index (χ3n) is 1.81. The van der Waals surface area contributed by atoms with Gasteiger partial charge in [-0.1, -0.05) is 0 Å². The first-order valence-electron chi connectivity index (χ1n) is 4.49. The molecule has 1 unspecified atom stereocenters. The largest absolute Gasteiger partial charge is 0.463 e. The lowest BCUT2D eigenvalue weighted by molar-refractivity contribution is -0.270. The normalized spacial score (nSPS) is 14.7. The molecule has 0 aromatic heterocycles. The fraction of sp³-hybridized carbons (Fsp3) is 0.875. The molecule has 0 aromatic rings. The molecule has 1 amide bonds. The van der Waals surface area contributed by atoms with Gasteiger partial charge in [0, 0.05) is 12.6 Å². The summed E-state index contributed by atoms with van der Waals surface area (Å²) in [6.07, 6.45) is -5.57. The summed E-state index contributed by atoms with van der Waals surface area (Å²) in [4.78, 5) is 10.6. The zero-order valence-electron chi connectivity index (χ0n) is 8.44. The average molecular weight is 249 g/mol. The fourth-order valence-corrected chi connectivity index (χ4v) is 0.913. The Morgan fingerprint density at radius 1 is 1.31 bits per heavy atom. The summed E-state index contributed by atoms with van der Waals surface area (Å²) in [7, 11) is 0. The number of carbonyl (C=O) groups excluding carboxylic acids is 1. The van der Waals surface area contributed by atoms with Gasteiger partial charge in [-0.15, -0.1) is 0 Å². The molecule has 0 saturated heterocycles. The monoisotopic (exact) mass is 249 g/mol. The van der Waals surface area contributed by atoms with E-state index in [0.717, 1.165) is 0 Å². The van der Waals surface area contributed by atoms with Gasteiger partial charge in [-0.05, 0) is 19.8 Å². The number of aliphatic hydroxyl groups is 1. The molecule has 1 atom stereocenters. The van der Waals surface area contributed by atoms with Crippen LogP contribution in [0.25, 0.3) is 0 Å². The van der Waals surface area contributed by atoms with E-state index in [1.54, 1.807) is 5.32 Å². The van der Waals surface area contributed by atoms with Crippen LogP contribution in [0, 0.1) is 0 Å². The Bertz CT molecular complexity index is 241. The molecule has 0 aliphatic rings. The molecule has 2 N–H and O–H groups in total. The SMILES string of the molecule is CC(CCCO)NC(=O)C(F)(F)C(F)(F)F. The highest BCUT2D eigenvalue weighted by atomic mass is 19.4. The topological polar surface area (TPSA) is 49.3 Å². The highest BCUT2D eigenvalue weighted by Gasteiger charge is 2.63. The second kappa shape index (κ2) is 5.42. The number of carbonyl (C=O) groups is 1. The Morgan fingerprint density at radius 3 is 2.19 bits per heavy atom. The summed E-state index contributed by atoms with van der Waals surface area (Å²) in [5.74, 6) is -7.76. The van der Waals surface area contributed by atoms with Gasteiger partial charge in [0.05, 0.1) is 0 Å². The molecular formula is C8H12F5NO2. The van der Waals surface area contributed by atoms with Crippen molar-refractivity contribution in [3.05, 3.63) is 0 Å². The van der Waals surface area contributed by atoms with Crippen molar-refractivity contribution in [3.63, 3.8) is 0 Å². The lowest BCUT2D eigenvalue weighted by atomic mass is 10.2. The van der Waals surface area contributed by atoms with E-state index in [-0.39, 0.29) is 19.4 Å². The van der Waals surface area contributed by atoms with Crippen LogP contribution in [-0.2, 0) is 4.79 Å². The Morgan fingerprint density at radius 2 is 1.81 bits per heavy atom. The molecule has 0 fully saturated rings. The standard InChI is InChI=1S/C8H12F5NO2/c1-5(3-2-4-15)14-6(16)7(9,10)8(11,12)13/h5,15H,2-4H2,1H3,(H,14,16). The zero-order valence-corrected chi connectivity index (χ0v) is 8.44. The number of halogens is 5. The molecule has 0 rings (SSSR count). The highest BCUT2D eigenvalue weighted by molar-refractivity contribution is 5.84. The van der Waals surface area contributed by atoms with Gasteiger partial charge < -0.3 is 10.4 Å². The minimum absolute atomic E-state index is 0.121. The van der Waals surface area contributed by atoms with Gasteiger partial charge in [0.15, 0.2) is 0 Å². The second-order valence-corrected chi connectivity index (χ2v) is 3.31. The highest BCUT2D eigenvalue weighted by Crippen LogP contribution is 2.35. The van der Waals surface area contributed by atoms with Gasteiger partial charge >= 0.3 is 18.0 Å². The molecule has 0 saturated carbocycles. The van der Waals surface area contributed by atoms with Crippen LogP contribution < -0.4 is 5.32 Å². The molecule has 0 radical (unpaired) electrons. The summed E-state index contributed by atoms with van der Waals surface area (Å²) in [5.41, 5.74) is 0. The van der Waals surface area contributed by atoms with Crippen molar-refractivity contribution < 1.29 is 31.9 Å². The number of alkyl halides is 5. The van der Waals surface area contributed by atoms with Crippen molar-refractivity contribution in [1.82, 2.24) is 5.32 Å². The maximum atomic E-state index is 12.4. The van der Waals surface area contributed by atoms with Crippen LogP contribution in [0.4, 0.5) is 22.0 Å². The molecule has 0 bridgehead atoms. The van der Waals surface area contributed by atoms with Gasteiger partial charge in [0.1, 0.15) is 0 Å². The number of nitrogens with one attached hydrogen (secondary N) is 1. The summed E-state index contributed by atoms with van der Waals surface area (Å²) >= 11 is 0. The van der Waals surface area contributed by atoms with Crippen molar-refractivity contribution in [2.75, 3.05) is 6.61 Å². The summed E-state index contributed by atoms with van der Waals surface area (Å²) in [6, 6.07) is -0.854. The van der Waals surface area contributed by atoms with E-state index in [9.17, 15) is 26.7 Å². The van der Waals surface area contributed by atoms with Crippen molar-refractivity contribution in [3.8, 4) is 0 Å². The number of hydrogen-bond donors (Lipinski definition) is 2. The average Bonchev–Trinajstić information content (AvgIpc) is 2.12. The van der Waals surface area contributed by atoms with Crippen LogP contribution >= 0.6 is 0 Å².